The van der Waals surface area contributed by atoms with Gasteiger partial charge < -0.3 is 0 Å². The Morgan fingerprint density at radius 1 is 1.14 bits per heavy atom. The van der Waals surface area contributed by atoms with E-state index in [1.54, 1.807) is 0 Å². The van der Waals surface area contributed by atoms with E-state index in [-0.39, 0.29) is 5.56 Å². The number of nitrogens with one attached hydrogen (secondary N) is 1. The fourth-order valence-corrected chi connectivity index (χ4v) is 2.44. The number of sulfonamides is 1. The lowest BCUT2D eigenvalue weighted by molar-refractivity contribution is -0.271. The van der Waals surface area contributed by atoms with Crippen molar-refractivity contribution in [2.45, 2.75) is 12.1 Å². The van der Waals surface area contributed by atoms with E-state index in [4.69, 9.17) is 0 Å². The lowest BCUT2D eigenvalue weighted by atomic mass is 10.1. The summed E-state index contributed by atoms with van der Waals surface area (Å²) in [4.78, 5) is 11.6. The summed E-state index contributed by atoms with van der Waals surface area (Å²) in [7, 11) is -5.18. The lowest BCUT2D eigenvalue weighted by Gasteiger charge is -2.19. The van der Waals surface area contributed by atoms with E-state index >= 15 is 0 Å². The summed E-state index contributed by atoms with van der Waals surface area (Å²) in [5.74, 6) is -9.35. The van der Waals surface area contributed by atoms with Crippen molar-refractivity contribution in [3.8, 4) is 0 Å². The van der Waals surface area contributed by atoms with Crippen LogP contribution in [0.1, 0.15) is 15.9 Å². The molecule has 0 aliphatic carbocycles. The molecular weight excluding hydrogens is 333 g/mol. The van der Waals surface area contributed by atoms with Crippen LogP contribution in [0.2, 0.25) is 0 Å². The number of amides is 1. The summed E-state index contributed by atoms with van der Waals surface area (Å²) in [5, 5.41) is 0. The van der Waals surface area contributed by atoms with E-state index in [0.29, 0.717) is 5.56 Å². The van der Waals surface area contributed by atoms with Gasteiger partial charge in [0.15, 0.2) is 0 Å². The number of hydrogen-bond acceptors (Lipinski definition) is 3. The minimum atomic E-state index is -6.03. The topological polar surface area (TPSA) is 63.2 Å². The van der Waals surface area contributed by atoms with Gasteiger partial charge >= 0.3 is 12.1 Å². The van der Waals surface area contributed by atoms with Gasteiger partial charge in [-0.05, 0) is 17.7 Å². The molecule has 0 spiro atoms. The molecule has 0 aliphatic rings. The summed E-state index contributed by atoms with van der Waals surface area (Å²) in [5.41, 5.74) is 0.382. The monoisotopic (exact) mass is 343 g/mol. The van der Waals surface area contributed by atoms with Gasteiger partial charge in [-0.2, -0.15) is 22.0 Å². The third kappa shape index (κ3) is 4.52. The molecule has 1 amide bonds. The van der Waals surface area contributed by atoms with Gasteiger partial charge in [0.1, 0.15) is 5.75 Å². The Hall–Kier alpha value is -1.97. The van der Waals surface area contributed by atoms with E-state index in [9.17, 15) is 35.2 Å². The first-order valence-corrected chi connectivity index (χ1v) is 7.25. The van der Waals surface area contributed by atoms with Crippen LogP contribution in [-0.4, -0.2) is 32.2 Å². The minimum absolute atomic E-state index is 0.218. The van der Waals surface area contributed by atoms with Crippen LogP contribution in [0.4, 0.5) is 22.0 Å². The molecule has 1 N–H and O–H groups in total. The van der Waals surface area contributed by atoms with Crippen molar-refractivity contribution in [1.29, 1.82) is 0 Å². The third-order valence-corrected chi connectivity index (χ3v) is 3.68. The zero-order valence-electron chi connectivity index (χ0n) is 10.8. The van der Waals surface area contributed by atoms with Crippen LogP contribution in [0.15, 0.2) is 30.8 Å². The first-order chi connectivity index (χ1) is 9.88. The highest BCUT2D eigenvalue weighted by atomic mass is 32.2. The molecule has 1 aromatic rings. The summed E-state index contributed by atoms with van der Waals surface area (Å²) in [6, 6.07) is 5.12. The summed E-state index contributed by atoms with van der Waals surface area (Å²) in [6.07, 6.45) is -4.60. The third-order valence-electron chi connectivity index (χ3n) is 2.44. The van der Waals surface area contributed by atoms with Crippen molar-refractivity contribution in [3.05, 3.63) is 42.0 Å². The van der Waals surface area contributed by atoms with Gasteiger partial charge in [-0.25, -0.2) is 13.1 Å². The number of benzene rings is 1. The Labute approximate surface area is 122 Å². The minimum Gasteiger partial charge on any atom is -0.268 e. The molecule has 10 heteroatoms. The van der Waals surface area contributed by atoms with Crippen LogP contribution >= 0.6 is 0 Å². The van der Waals surface area contributed by atoms with E-state index < -0.39 is 33.8 Å². The Bertz CT molecular complexity index is 665. The van der Waals surface area contributed by atoms with Gasteiger partial charge in [0, 0.05) is 5.56 Å². The molecule has 0 saturated heterocycles. The Morgan fingerprint density at radius 3 is 2.05 bits per heavy atom. The first kappa shape index (κ1) is 18.1. The van der Waals surface area contributed by atoms with E-state index in [0.717, 1.165) is 0 Å². The highest BCUT2D eigenvalue weighted by molar-refractivity contribution is 7.90. The smallest absolute Gasteiger partial charge is 0.268 e. The van der Waals surface area contributed by atoms with Gasteiger partial charge in [-0.1, -0.05) is 24.8 Å². The maximum absolute atomic E-state index is 12.7. The Kier molecular flexibility index (Phi) is 4.96. The second kappa shape index (κ2) is 6.03. The SMILES string of the molecule is C=Cc1ccc(C(=O)NS(=O)(=O)CC(F)(F)C(F)(F)F)cc1. The molecule has 0 fully saturated rings. The molecule has 0 atom stereocenters. The van der Waals surface area contributed by atoms with E-state index in [1.165, 1.54) is 35.1 Å². The fourth-order valence-electron chi connectivity index (χ4n) is 1.33. The molecule has 0 heterocycles. The fraction of sp³-hybridized carbons (Fsp3) is 0.250. The molecule has 4 nitrogen and oxygen atoms in total. The zero-order chi connectivity index (χ0) is 17.2. The number of halogens is 5. The van der Waals surface area contributed by atoms with Crippen LogP contribution in [0.25, 0.3) is 6.08 Å². The molecular formula is C12H10F5NO3S. The van der Waals surface area contributed by atoms with Crippen molar-refractivity contribution < 1.29 is 35.2 Å². The van der Waals surface area contributed by atoms with Gasteiger partial charge in [0.05, 0.1) is 0 Å². The predicted molar refractivity (Wildman–Crippen MR) is 68.8 cm³/mol. The number of alkyl halides is 5. The van der Waals surface area contributed by atoms with Crippen molar-refractivity contribution in [1.82, 2.24) is 4.72 Å². The maximum atomic E-state index is 12.7. The van der Waals surface area contributed by atoms with Crippen LogP contribution in [0, 0.1) is 0 Å². The van der Waals surface area contributed by atoms with Crippen LogP contribution in [0.5, 0.6) is 0 Å². The molecule has 1 aromatic carbocycles. The second-order valence-corrected chi connectivity index (χ2v) is 5.94. The number of rotatable bonds is 5. The highest BCUT2D eigenvalue weighted by Gasteiger charge is 2.59. The second-order valence-electron chi connectivity index (χ2n) is 4.22. The quantitative estimate of drug-likeness (QED) is 0.836. The normalized spacial score (nSPS) is 12.8. The average Bonchev–Trinajstić information content (AvgIpc) is 2.35. The van der Waals surface area contributed by atoms with Crippen molar-refractivity contribution in [2.75, 3.05) is 5.75 Å². The highest BCUT2D eigenvalue weighted by Crippen LogP contribution is 2.36. The number of carbonyl (C=O) groups is 1. The van der Waals surface area contributed by atoms with E-state index in [2.05, 4.69) is 6.58 Å². The molecule has 22 heavy (non-hydrogen) atoms. The molecule has 0 radical (unpaired) electrons. The van der Waals surface area contributed by atoms with Crippen molar-refractivity contribution >= 4 is 22.0 Å². The molecule has 0 aliphatic heterocycles. The predicted octanol–water partition coefficient (Wildman–Crippen LogP) is 2.59. The van der Waals surface area contributed by atoms with Gasteiger partial charge in [-0.3, -0.25) is 4.79 Å². The molecule has 0 aromatic heterocycles. The standard InChI is InChI=1S/C12H10F5NO3S/c1-2-8-3-5-9(6-4-8)10(19)18-22(20,21)7-11(13,14)12(15,16)17/h2-6H,1,7H2,(H,18,19). The maximum Gasteiger partial charge on any atom is 0.454 e. The van der Waals surface area contributed by atoms with E-state index in [1.807, 2.05) is 0 Å². The Balaban J connectivity index is 2.88. The van der Waals surface area contributed by atoms with Crippen molar-refractivity contribution in [3.63, 3.8) is 0 Å². The summed E-state index contributed by atoms with van der Waals surface area (Å²) in [6.45, 7) is 3.44. The number of carbonyl (C=O) groups excluding carboxylic acids is 1. The van der Waals surface area contributed by atoms with Gasteiger partial charge in [0.2, 0.25) is 10.0 Å². The van der Waals surface area contributed by atoms with Crippen molar-refractivity contribution in [2.24, 2.45) is 0 Å². The van der Waals surface area contributed by atoms with Gasteiger partial charge in [-0.15, -0.1) is 0 Å². The molecule has 0 bridgehead atoms. The summed E-state index contributed by atoms with van der Waals surface area (Å²) < 4.78 is 85.0. The largest absolute Gasteiger partial charge is 0.454 e. The van der Waals surface area contributed by atoms with Crippen LogP contribution in [0.3, 0.4) is 0 Å². The molecule has 0 unspecified atom stereocenters. The van der Waals surface area contributed by atoms with Gasteiger partial charge in [0.25, 0.3) is 5.91 Å². The first-order valence-electron chi connectivity index (χ1n) is 5.60. The molecule has 122 valence electrons. The molecule has 0 saturated carbocycles. The lowest BCUT2D eigenvalue weighted by Crippen LogP contribution is -2.46. The number of hydrogen-bond donors (Lipinski definition) is 1. The van der Waals surface area contributed by atoms with Crippen LogP contribution in [-0.2, 0) is 10.0 Å². The Morgan fingerprint density at radius 2 is 1.64 bits per heavy atom. The zero-order valence-corrected chi connectivity index (χ0v) is 11.6. The summed E-state index contributed by atoms with van der Waals surface area (Å²) >= 11 is 0. The molecule has 1 rings (SSSR count). The average molecular weight is 343 g/mol. The van der Waals surface area contributed by atoms with Crippen LogP contribution < -0.4 is 4.72 Å².